The second kappa shape index (κ2) is 8.19. The van der Waals surface area contributed by atoms with Crippen molar-refractivity contribution in [3.8, 4) is 0 Å². The molecule has 1 amide bonds. The number of nitrogens with zero attached hydrogens (tertiary/aromatic N) is 2. The average molecular weight is 261 g/mol. The number of aliphatic imine (C=N–C) groups is 1. The summed E-state index contributed by atoms with van der Waals surface area (Å²) in [5.74, 6) is -0.117. The van der Waals surface area contributed by atoms with Gasteiger partial charge in [-0.3, -0.25) is 4.79 Å². The number of rotatable bonds is 7. The maximum Gasteiger partial charge on any atom is 0.251 e. The van der Waals surface area contributed by atoms with Crippen LogP contribution in [0.4, 0.5) is 5.69 Å². The molecule has 0 saturated heterocycles. The van der Waals surface area contributed by atoms with E-state index in [2.05, 4.69) is 29.1 Å². The summed E-state index contributed by atoms with van der Waals surface area (Å²) in [5, 5.41) is 2.86. The first kappa shape index (κ1) is 15.1. The Morgan fingerprint density at radius 2 is 1.89 bits per heavy atom. The van der Waals surface area contributed by atoms with E-state index in [1.165, 1.54) is 6.08 Å². The molecule has 19 heavy (non-hydrogen) atoms. The molecule has 0 aliphatic carbocycles. The third-order valence-corrected chi connectivity index (χ3v) is 2.91. The van der Waals surface area contributed by atoms with E-state index in [-0.39, 0.29) is 5.91 Å². The van der Waals surface area contributed by atoms with Crippen molar-refractivity contribution >= 4 is 17.7 Å². The van der Waals surface area contributed by atoms with Crippen molar-refractivity contribution in [1.82, 2.24) is 10.2 Å². The van der Waals surface area contributed by atoms with E-state index in [1.54, 1.807) is 24.3 Å². The van der Waals surface area contributed by atoms with Gasteiger partial charge in [-0.1, -0.05) is 13.8 Å². The summed E-state index contributed by atoms with van der Waals surface area (Å²) in [7, 11) is 0. The molecule has 1 rings (SSSR count). The molecular formula is C14H19N3O2. The minimum Gasteiger partial charge on any atom is -0.351 e. The second-order valence-electron chi connectivity index (χ2n) is 4.03. The Hall–Kier alpha value is -1.97. The lowest BCUT2D eigenvalue weighted by atomic mass is 10.2. The normalized spacial score (nSPS) is 10.1. The number of nitrogens with one attached hydrogen (secondary N) is 1. The lowest BCUT2D eigenvalue weighted by Gasteiger charge is -2.17. The molecule has 0 aliphatic heterocycles. The van der Waals surface area contributed by atoms with Crippen LogP contribution in [0.3, 0.4) is 0 Å². The number of carbonyl (C=O) groups is 1. The molecule has 102 valence electrons. The highest BCUT2D eigenvalue weighted by Gasteiger charge is 2.05. The zero-order valence-electron chi connectivity index (χ0n) is 11.3. The van der Waals surface area contributed by atoms with Crippen LogP contribution in [0.5, 0.6) is 0 Å². The molecule has 0 spiro atoms. The number of likely N-dealkylation sites (N-methyl/N-ethyl adjacent to an activating group) is 1. The van der Waals surface area contributed by atoms with Gasteiger partial charge in [0.1, 0.15) is 0 Å². The third-order valence-electron chi connectivity index (χ3n) is 2.91. The van der Waals surface area contributed by atoms with Gasteiger partial charge in [0.15, 0.2) is 0 Å². The first-order valence-corrected chi connectivity index (χ1v) is 6.39. The van der Waals surface area contributed by atoms with Crippen LogP contribution in [0.1, 0.15) is 24.2 Å². The standard InChI is InChI=1S/C14H19N3O2/c1-3-17(4-2)10-9-15-14(19)12-5-7-13(8-6-12)16-11-18/h5-8H,3-4,9-10H2,1-2H3,(H,15,19). The molecule has 1 aromatic rings. The Morgan fingerprint density at radius 1 is 1.26 bits per heavy atom. The topological polar surface area (TPSA) is 61.8 Å². The fourth-order valence-corrected chi connectivity index (χ4v) is 1.71. The number of amides is 1. The largest absolute Gasteiger partial charge is 0.351 e. The Morgan fingerprint density at radius 3 is 2.42 bits per heavy atom. The van der Waals surface area contributed by atoms with Crippen LogP contribution in [0, 0.1) is 0 Å². The quantitative estimate of drug-likeness (QED) is 0.600. The van der Waals surface area contributed by atoms with Gasteiger partial charge >= 0.3 is 0 Å². The molecule has 0 atom stereocenters. The highest BCUT2D eigenvalue weighted by Crippen LogP contribution is 2.11. The Labute approximate surface area is 113 Å². The summed E-state index contributed by atoms with van der Waals surface area (Å²) in [4.78, 5) is 27.6. The van der Waals surface area contributed by atoms with E-state index >= 15 is 0 Å². The van der Waals surface area contributed by atoms with E-state index in [4.69, 9.17) is 0 Å². The lowest BCUT2D eigenvalue weighted by Crippen LogP contribution is -2.34. The molecule has 0 saturated carbocycles. The van der Waals surface area contributed by atoms with E-state index in [9.17, 15) is 9.59 Å². The highest BCUT2D eigenvalue weighted by molar-refractivity contribution is 5.94. The van der Waals surface area contributed by atoms with Gasteiger partial charge in [-0.25, -0.2) is 4.79 Å². The number of hydrogen-bond donors (Lipinski definition) is 1. The van der Waals surface area contributed by atoms with Crippen molar-refractivity contribution < 1.29 is 9.59 Å². The first-order chi connectivity index (χ1) is 9.21. The summed E-state index contributed by atoms with van der Waals surface area (Å²) in [6.45, 7) is 7.60. The number of carbonyl (C=O) groups excluding carboxylic acids is 2. The predicted octanol–water partition coefficient (Wildman–Crippen LogP) is 1.73. The van der Waals surface area contributed by atoms with Gasteiger partial charge in [0.25, 0.3) is 5.91 Å². The maximum atomic E-state index is 11.8. The zero-order valence-corrected chi connectivity index (χ0v) is 11.3. The number of benzene rings is 1. The van der Waals surface area contributed by atoms with Gasteiger partial charge in [0.05, 0.1) is 5.69 Å². The van der Waals surface area contributed by atoms with Crippen LogP contribution in [-0.4, -0.2) is 43.1 Å². The molecule has 0 aromatic heterocycles. The molecule has 0 heterocycles. The van der Waals surface area contributed by atoms with Gasteiger partial charge < -0.3 is 10.2 Å². The monoisotopic (exact) mass is 261 g/mol. The van der Waals surface area contributed by atoms with Gasteiger partial charge in [0.2, 0.25) is 6.08 Å². The molecule has 1 aromatic carbocycles. The van der Waals surface area contributed by atoms with Crippen molar-refractivity contribution in [2.45, 2.75) is 13.8 Å². The van der Waals surface area contributed by atoms with Crippen molar-refractivity contribution in [2.24, 2.45) is 4.99 Å². The van der Waals surface area contributed by atoms with Gasteiger partial charge in [-0.15, -0.1) is 0 Å². The van der Waals surface area contributed by atoms with Crippen molar-refractivity contribution in [3.05, 3.63) is 29.8 Å². The number of hydrogen-bond acceptors (Lipinski definition) is 4. The molecule has 0 aliphatic rings. The average Bonchev–Trinajstić information content (AvgIpc) is 2.44. The Balaban J connectivity index is 2.47. The van der Waals surface area contributed by atoms with Crippen LogP contribution in [-0.2, 0) is 4.79 Å². The van der Waals surface area contributed by atoms with Gasteiger partial charge in [-0.2, -0.15) is 4.99 Å². The van der Waals surface area contributed by atoms with E-state index in [1.807, 2.05) is 0 Å². The third kappa shape index (κ3) is 5.04. The summed E-state index contributed by atoms with van der Waals surface area (Å²) in [6.07, 6.45) is 1.46. The molecule has 0 radical (unpaired) electrons. The minimum atomic E-state index is -0.117. The summed E-state index contributed by atoms with van der Waals surface area (Å²) in [5.41, 5.74) is 1.05. The zero-order chi connectivity index (χ0) is 14.1. The number of isocyanates is 1. The van der Waals surface area contributed by atoms with Crippen LogP contribution >= 0.6 is 0 Å². The fraction of sp³-hybridized carbons (Fsp3) is 0.429. The maximum absolute atomic E-state index is 11.8. The van der Waals surface area contributed by atoms with Crippen LogP contribution in [0.15, 0.2) is 29.3 Å². The second-order valence-corrected chi connectivity index (χ2v) is 4.03. The molecule has 0 unspecified atom stereocenters. The van der Waals surface area contributed by atoms with Crippen molar-refractivity contribution in [2.75, 3.05) is 26.2 Å². The van der Waals surface area contributed by atoms with E-state index in [0.717, 1.165) is 19.6 Å². The predicted molar refractivity (Wildman–Crippen MR) is 74.3 cm³/mol. The van der Waals surface area contributed by atoms with Gasteiger partial charge in [0, 0.05) is 18.7 Å². The van der Waals surface area contributed by atoms with Crippen LogP contribution < -0.4 is 5.32 Å². The van der Waals surface area contributed by atoms with Crippen LogP contribution in [0.2, 0.25) is 0 Å². The lowest BCUT2D eigenvalue weighted by molar-refractivity contribution is 0.0949. The van der Waals surface area contributed by atoms with Gasteiger partial charge in [-0.05, 0) is 37.4 Å². The smallest absolute Gasteiger partial charge is 0.251 e. The SMILES string of the molecule is CCN(CC)CCNC(=O)c1ccc(N=C=O)cc1. The Bertz CT molecular complexity index is 446. The van der Waals surface area contributed by atoms with E-state index in [0.29, 0.717) is 17.8 Å². The molecule has 5 nitrogen and oxygen atoms in total. The molecule has 0 bridgehead atoms. The summed E-state index contributed by atoms with van der Waals surface area (Å²) in [6, 6.07) is 6.51. The highest BCUT2D eigenvalue weighted by atomic mass is 16.1. The minimum absolute atomic E-state index is 0.117. The first-order valence-electron chi connectivity index (χ1n) is 6.39. The molecule has 1 N–H and O–H groups in total. The summed E-state index contributed by atoms with van der Waals surface area (Å²) >= 11 is 0. The van der Waals surface area contributed by atoms with Crippen molar-refractivity contribution in [1.29, 1.82) is 0 Å². The molecule has 5 heteroatoms. The molecular weight excluding hydrogens is 242 g/mol. The molecule has 0 fully saturated rings. The van der Waals surface area contributed by atoms with E-state index < -0.39 is 0 Å². The van der Waals surface area contributed by atoms with Crippen LogP contribution in [0.25, 0.3) is 0 Å². The fourth-order valence-electron chi connectivity index (χ4n) is 1.71. The van der Waals surface area contributed by atoms with Crippen molar-refractivity contribution in [3.63, 3.8) is 0 Å². The Kier molecular flexibility index (Phi) is 6.50. The summed E-state index contributed by atoms with van der Waals surface area (Å²) < 4.78 is 0.